The van der Waals surface area contributed by atoms with Crippen molar-refractivity contribution >= 4 is 5.69 Å². The molecule has 1 aliphatic heterocycles. The number of piperidine rings is 1. The van der Waals surface area contributed by atoms with Crippen molar-refractivity contribution in [3.8, 4) is 0 Å². The Morgan fingerprint density at radius 3 is 2.78 bits per heavy atom. The fraction of sp³-hybridized carbons (Fsp3) is 0.571. The van der Waals surface area contributed by atoms with E-state index in [1.807, 2.05) is 4.90 Å². The number of rotatable bonds is 3. The van der Waals surface area contributed by atoms with Crippen molar-refractivity contribution in [1.29, 1.82) is 0 Å². The molecule has 18 heavy (non-hydrogen) atoms. The molecule has 0 aromatic heterocycles. The molecule has 0 amide bonds. The second-order valence-corrected chi connectivity index (χ2v) is 4.97. The Balaban J connectivity index is 2.07. The predicted molar refractivity (Wildman–Crippen MR) is 69.8 cm³/mol. The molecule has 1 fully saturated rings. The maximum Gasteiger partial charge on any atom is 0.149 e. The molecule has 1 aromatic carbocycles. The zero-order valence-corrected chi connectivity index (χ0v) is 10.9. The van der Waals surface area contributed by atoms with E-state index in [1.54, 1.807) is 0 Å². The maximum atomic E-state index is 13.7. The quantitative estimate of drug-likeness (QED) is 0.892. The van der Waals surface area contributed by atoms with E-state index in [0.29, 0.717) is 17.6 Å². The van der Waals surface area contributed by atoms with Gasteiger partial charge in [0, 0.05) is 25.2 Å². The molecule has 2 unspecified atom stereocenters. The van der Waals surface area contributed by atoms with Crippen LogP contribution in [0, 0.1) is 17.6 Å². The number of anilines is 1. The highest BCUT2D eigenvalue weighted by molar-refractivity contribution is 5.48. The van der Waals surface area contributed by atoms with Gasteiger partial charge in [-0.25, -0.2) is 8.78 Å². The highest BCUT2D eigenvalue weighted by Crippen LogP contribution is 2.26. The summed E-state index contributed by atoms with van der Waals surface area (Å²) in [5.41, 5.74) is 0.512. The van der Waals surface area contributed by atoms with E-state index in [4.69, 9.17) is 0 Å². The second kappa shape index (κ2) is 5.65. The molecular formula is C14H20F2N2. The minimum Gasteiger partial charge on any atom is -0.369 e. The highest BCUT2D eigenvalue weighted by atomic mass is 19.1. The lowest BCUT2D eigenvalue weighted by Gasteiger charge is -2.38. The van der Waals surface area contributed by atoms with Crippen molar-refractivity contribution in [1.82, 2.24) is 5.32 Å². The van der Waals surface area contributed by atoms with Gasteiger partial charge < -0.3 is 10.2 Å². The first-order chi connectivity index (χ1) is 8.61. The average molecular weight is 254 g/mol. The van der Waals surface area contributed by atoms with Gasteiger partial charge in [0.25, 0.3) is 0 Å². The standard InChI is InChI=1S/C14H20F2N2/c1-3-17-13-6-7-18(9-10(13)2)14-5-4-11(15)8-12(14)16/h4-5,8,10,13,17H,3,6-7,9H2,1-2H3. The van der Waals surface area contributed by atoms with Gasteiger partial charge in [0.15, 0.2) is 0 Å². The Morgan fingerprint density at radius 2 is 2.17 bits per heavy atom. The van der Waals surface area contributed by atoms with Gasteiger partial charge in [0.1, 0.15) is 11.6 Å². The van der Waals surface area contributed by atoms with E-state index in [2.05, 4.69) is 19.2 Å². The van der Waals surface area contributed by atoms with Crippen LogP contribution in [0.1, 0.15) is 20.3 Å². The molecule has 1 aliphatic rings. The van der Waals surface area contributed by atoms with Gasteiger partial charge in [0.2, 0.25) is 0 Å². The third-order valence-corrected chi connectivity index (χ3v) is 3.62. The molecule has 1 heterocycles. The number of benzene rings is 1. The molecule has 0 bridgehead atoms. The Labute approximate surface area is 107 Å². The molecule has 1 saturated heterocycles. The minimum absolute atomic E-state index is 0.461. The monoisotopic (exact) mass is 254 g/mol. The van der Waals surface area contributed by atoms with Crippen LogP contribution in [0.5, 0.6) is 0 Å². The molecule has 0 spiro atoms. The zero-order valence-electron chi connectivity index (χ0n) is 10.9. The first kappa shape index (κ1) is 13.3. The predicted octanol–water partition coefficient (Wildman–Crippen LogP) is 2.79. The molecule has 0 saturated carbocycles. The van der Waals surface area contributed by atoms with Gasteiger partial charge >= 0.3 is 0 Å². The molecule has 100 valence electrons. The van der Waals surface area contributed by atoms with E-state index in [1.165, 1.54) is 12.1 Å². The fourth-order valence-electron chi connectivity index (χ4n) is 2.67. The van der Waals surface area contributed by atoms with E-state index < -0.39 is 11.6 Å². The summed E-state index contributed by atoms with van der Waals surface area (Å²) in [6.07, 6.45) is 0.992. The van der Waals surface area contributed by atoms with Crippen LogP contribution in [0.3, 0.4) is 0 Å². The smallest absolute Gasteiger partial charge is 0.149 e. The summed E-state index contributed by atoms with van der Waals surface area (Å²) < 4.78 is 26.6. The maximum absolute atomic E-state index is 13.7. The first-order valence-electron chi connectivity index (χ1n) is 6.55. The summed E-state index contributed by atoms with van der Waals surface area (Å²) in [6, 6.07) is 4.30. The van der Waals surface area contributed by atoms with Gasteiger partial charge in [0.05, 0.1) is 5.69 Å². The summed E-state index contributed by atoms with van der Waals surface area (Å²) in [5, 5.41) is 3.45. The van der Waals surface area contributed by atoms with E-state index in [9.17, 15) is 8.78 Å². The highest BCUT2D eigenvalue weighted by Gasteiger charge is 2.26. The summed E-state index contributed by atoms with van der Waals surface area (Å²) in [4.78, 5) is 2.01. The number of hydrogen-bond donors (Lipinski definition) is 1. The van der Waals surface area contributed by atoms with Crippen molar-refractivity contribution in [2.45, 2.75) is 26.3 Å². The molecule has 4 heteroatoms. The first-order valence-corrected chi connectivity index (χ1v) is 6.55. The topological polar surface area (TPSA) is 15.3 Å². The molecular weight excluding hydrogens is 234 g/mol. The van der Waals surface area contributed by atoms with Crippen molar-refractivity contribution in [2.75, 3.05) is 24.5 Å². The third-order valence-electron chi connectivity index (χ3n) is 3.62. The van der Waals surface area contributed by atoms with E-state index in [0.717, 1.165) is 32.1 Å². The molecule has 0 aliphatic carbocycles. The lowest BCUT2D eigenvalue weighted by Crippen LogP contribution is -2.48. The molecule has 1 N–H and O–H groups in total. The van der Waals surface area contributed by atoms with Crippen molar-refractivity contribution in [3.05, 3.63) is 29.8 Å². The number of nitrogens with one attached hydrogen (secondary N) is 1. The Kier molecular flexibility index (Phi) is 4.17. The molecule has 2 rings (SSSR count). The van der Waals surface area contributed by atoms with Gasteiger partial charge in [-0.2, -0.15) is 0 Å². The van der Waals surface area contributed by atoms with Gasteiger partial charge in [-0.3, -0.25) is 0 Å². The average Bonchev–Trinajstić information content (AvgIpc) is 2.32. The summed E-state index contributed by atoms with van der Waals surface area (Å²) in [6.45, 7) is 6.84. The second-order valence-electron chi connectivity index (χ2n) is 4.97. The minimum atomic E-state index is -0.521. The fourth-order valence-corrected chi connectivity index (χ4v) is 2.67. The van der Waals surface area contributed by atoms with Gasteiger partial charge in [-0.05, 0) is 31.0 Å². The molecule has 2 nitrogen and oxygen atoms in total. The Hall–Kier alpha value is -1.16. The SMILES string of the molecule is CCNC1CCN(c2ccc(F)cc2F)CC1C. The van der Waals surface area contributed by atoms with Crippen LogP contribution in [-0.4, -0.2) is 25.7 Å². The van der Waals surface area contributed by atoms with Crippen LogP contribution in [0.15, 0.2) is 18.2 Å². The lowest BCUT2D eigenvalue weighted by atomic mass is 9.93. The van der Waals surface area contributed by atoms with Crippen LogP contribution in [0.2, 0.25) is 0 Å². The number of hydrogen-bond acceptors (Lipinski definition) is 2. The van der Waals surface area contributed by atoms with Crippen LogP contribution in [-0.2, 0) is 0 Å². The van der Waals surface area contributed by atoms with Gasteiger partial charge in [-0.1, -0.05) is 13.8 Å². The van der Waals surface area contributed by atoms with Crippen LogP contribution < -0.4 is 10.2 Å². The van der Waals surface area contributed by atoms with Crippen molar-refractivity contribution in [2.24, 2.45) is 5.92 Å². The summed E-state index contributed by atoms with van der Waals surface area (Å²) >= 11 is 0. The van der Waals surface area contributed by atoms with E-state index in [-0.39, 0.29) is 0 Å². The summed E-state index contributed by atoms with van der Waals surface area (Å²) in [5.74, 6) is -0.529. The van der Waals surface area contributed by atoms with Gasteiger partial charge in [-0.15, -0.1) is 0 Å². The van der Waals surface area contributed by atoms with Crippen LogP contribution in [0.4, 0.5) is 14.5 Å². The van der Waals surface area contributed by atoms with Crippen LogP contribution in [0.25, 0.3) is 0 Å². The number of nitrogens with zero attached hydrogens (tertiary/aromatic N) is 1. The van der Waals surface area contributed by atoms with E-state index >= 15 is 0 Å². The van der Waals surface area contributed by atoms with Crippen molar-refractivity contribution in [3.63, 3.8) is 0 Å². The number of halogens is 2. The molecule has 2 atom stereocenters. The lowest BCUT2D eigenvalue weighted by molar-refractivity contribution is 0.325. The van der Waals surface area contributed by atoms with Crippen molar-refractivity contribution < 1.29 is 8.78 Å². The summed E-state index contributed by atoms with van der Waals surface area (Å²) in [7, 11) is 0. The normalized spacial score (nSPS) is 24.3. The zero-order chi connectivity index (χ0) is 13.1. The third kappa shape index (κ3) is 2.80. The Bertz CT molecular complexity index is 409. The van der Waals surface area contributed by atoms with Crippen LogP contribution >= 0.6 is 0 Å². The Morgan fingerprint density at radius 1 is 1.39 bits per heavy atom. The molecule has 0 radical (unpaired) electrons. The largest absolute Gasteiger partial charge is 0.369 e. The molecule has 1 aromatic rings.